The van der Waals surface area contributed by atoms with Gasteiger partial charge in [-0.2, -0.15) is 0 Å². The Hall–Kier alpha value is -2.08. The Kier molecular flexibility index (Phi) is 3.67. The number of amides is 2. The average molecular weight is 291 g/mol. The van der Waals surface area contributed by atoms with Crippen LogP contribution in [0.15, 0.2) is 24.3 Å². The highest BCUT2D eigenvalue weighted by molar-refractivity contribution is 7.20. The minimum absolute atomic E-state index is 0.206. The van der Waals surface area contributed by atoms with Crippen molar-refractivity contribution in [3.63, 3.8) is 0 Å². The molecule has 2 amide bonds. The van der Waals surface area contributed by atoms with Crippen LogP contribution in [0.3, 0.4) is 0 Å². The molecular weight excluding hydrogens is 274 g/mol. The fourth-order valence-corrected chi connectivity index (χ4v) is 2.61. The molecule has 1 heterocycles. The molecule has 0 aliphatic rings. The minimum atomic E-state index is -0.767. The molecule has 0 saturated carbocycles. The van der Waals surface area contributed by atoms with Crippen molar-refractivity contribution in [3.8, 4) is 0 Å². The smallest absolute Gasteiger partial charge is 0.261 e. The summed E-state index contributed by atoms with van der Waals surface area (Å²) in [7, 11) is 0. The van der Waals surface area contributed by atoms with E-state index in [0.717, 1.165) is 10.1 Å². The molecule has 6 heteroatoms. The van der Waals surface area contributed by atoms with Crippen LogP contribution in [0, 0.1) is 5.41 Å². The van der Waals surface area contributed by atoms with E-state index >= 15 is 0 Å². The average Bonchev–Trinajstić information content (AvgIpc) is 2.78. The summed E-state index contributed by atoms with van der Waals surface area (Å²) in [4.78, 5) is 23.9. The van der Waals surface area contributed by atoms with Gasteiger partial charge in [-0.05, 0) is 43.5 Å². The number of nitrogens with one attached hydrogen (secondary N) is 1. The van der Waals surface area contributed by atoms with E-state index in [4.69, 9.17) is 11.5 Å². The molecule has 0 unspecified atom stereocenters. The Morgan fingerprint density at radius 2 is 2.00 bits per heavy atom. The highest BCUT2D eigenvalue weighted by atomic mass is 32.1. The monoisotopic (exact) mass is 291 g/mol. The van der Waals surface area contributed by atoms with Crippen LogP contribution in [0.5, 0.6) is 0 Å². The van der Waals surface area contributed by atoms with E-state index in [-0.39, 0.29) is 12.5 Å². The third-order valence-electron chi connectivity index (χ3n) is 3.12. The standard InChI is InChI=1S/C14H17N3O2S/c1-14(2,13(16)19)7-17-12(18)11-6-8-5-9(15)3-4-10(8)20-11/h3-6H,7,15H2,1-2H3,(H2,16,19)(H,17,18). The topological polar surface area (TPSA) is 98.2 Å². The summed E-state index contributed by atoms with van der Waals surface area (Å²) < 4.78 is 0.999. The van der Waals surface area contributed by atoms with Crippen LogP contribution >= 0.6 is 11.3 Å². The van der Waals surface area contributed by atoms with Gasteiger partial charge < -0.3 is 16.8 Å². The number of anilines is 1. The van der Waals surface area contributed by atoms with Crippen LogP contribution < -0.4 is 16.8 Å². The van der Waals surface area contributed by atoms with Gasteiger partial charge in [0.15, 0.2) is 0 Å². The van der Waals surface area contributed by atoms with Gasteiger partial charge >= 0.3 is 0 Å². The molecule has 0 aliphatic carbocycles. The zero-order chi connectivity index (χ0) is 14.9. The van der Waals surface area contributed by atoms with Crippen LogP contribution in [0.2, 0.25) is 0 Å². The fourth-order valence-electron chi connectivity index (χ4n) is 1.65. The molecule has 0 spiro atoms. The van der Waals surface area contributed by atoms with Crippen LogP contribution in [-0.2, 0) is 4.79 Å². The van der Waals surface area contributed by atoms with Crippen molar-refractivity contribution < 1.29 is 9.59 Å². The molecule has 0 saturated heterocycles. The number of hydrogen-bond donors (Lipinski definition) is 3. The maximum Gasteiger partial charge on any atom is 0.261 e. The summed E-state index contributed by atoms with van der Waals surface area (Å²) in [5.74, 6) is -0.652. The number of rotatable bonds is 4. The largest absolute Gasteiger partial charge is 0.399 e. The van der Waals surface area contributed by atoms with Crippen LogP contribution in [0.4, 0.5) is 5.69 Å². The van der Waals surface area contributed by atoms with E-state index in [1.165, 1.54) is 11.3 Å². The highest BCUT2D eigenvalue weighted by Crippen LogP contribution is 2.27. The fraction of sp³-hybridized carbons (Fsp3) is 0.286. The van der Waals surface area contributed by atoms with Crippen LogP contribution in [0.25, 0.3) is 10.1 Å². The van der Waals surface area contributed by atoms with Crippen molar-refractivity contribution in [2.45, 2.75) is 13.8 Å². The van der Waals surface area contributed by atoms with Gasteiger partial charge in [0.05, 0.1) is 10.3 Å². The Morgan fingerprint density at radius 1 is 1.30 bits per heavy atom. The quantitative estimate of drug-likeness (QED) is 0.748. The zero-order valence-electron chi connectivity index (χ0n) is 11.4. The highest BCUT2D eigenvalue weighted by Gasteiger charge is 2.25. The number of carbonyl (C=O) groups is 2. The van der Waals surface area contributed by atoms with E-state index in [0.29, 0.717) is 10.6 Å². The van der Waals surface area contributed by atoms with Crippen molar-refractivity contribution >= 4 is 38.9 Å². The molecule has 2 rings (SSSR count). The number of fused-ring (bicyclic) bond motifs is 1. The van der Waals surface area contributed by atoms with Crippen molar-refractivity contribution in [2.75, 3.05) is 12.3 Å². The lowest BCUT2D eigenvalue weighted by atomic mass is 9.93. The maximum absolute atomic E-state index is 12.1. The van der Waals surface area contributed by atoms with Crippen molar-refractivity contribution in [1.29, 1.82) is 0 Å². The molecule has 0 bridgehead atoms. The lowest BCUT2D eigenvalue weighted by molar-refractivity contribution is -0.125. The molecule has 0 radical (unpaired) electrons. The predicted octanol–water partition coefficient (Wildman–Crippen LogP) is 1.72. The summed E-state index contributed by atoms with van der Waals surface area (Å²) in [6, 6.07) is 7.31. The normalized spacial score (nSPS) is 11.5. The summed E-state index contributed by atoms with van der Waals surface area (Å²) in [6.45, 7) is 3.60. The third kappa shape index (κ3) is 2.91. The molecule has 0 fully saturated rings. The Bertz CT molecular complexity index is 676. The van der Waals surface area contributed by atoms with Gasteiger partial charge in [-0.25, -0.2) is 0 Å². The molecule has 5 N–H and O–H groups in total. The first-order valence-electron chi connectivity index (χ1n) is 6.17. The van der Waals surface area contributed by atoms with Gasteiger partial charge in [0.2, 0.25) is 5.91 Å². The number of hydrogen-bond acceptors (Lipinski definition) is 4. The first-order chi connectivity index (χ1) is 9.29. The van der Waals surface area contributed by atoms with E-state index in [9.17, 15) is 9.59 Å². The van der Waals surface area contributed by atoms with E-state index in [2.05, 4.69) is 5.32 Å². The zero-order valence-corrected chi connectivity index (χ0v) is 12.2. The summed E-state index contributed by atoms with van der Waals surface area (Å²) >= 11 is 1.39. The first kappa shape index (κ1) is 14.3. The number of thiophene rings is 1. The number of carbonyl (C=O) groups excluding carboxylic acids is 2. The molecule has 2 aromatic rings. The maximum atomic E-state index is 12.1. The van der Waals surface area contributed by atoms with Gasteiger partial charge in [-0.3, -0.25) is 9.59 Å². The van der Waals surface area contributed by atoms with Gasteiger partial charge in [-0.15, -0.1) is 11.3 Å². The Morgan fingerprint density at radius 3 is 2.65 bits per heavy atom. The Labute approximate surface area is 120 Å². The summed E-state index contributed by atoms with van der Waals surface area (Å²) in [6.07, 6.45) is 0. The predicted molar refractivity (Wildman–Crippen MR) is 81.5 cm³/mol. The van der Waals surface area contributed by atoms with Gasteiger partial charge in [0.1, 0.15) is 0 Å². The number of nitrogen functional groups attached to an aromatic ring is 1. The molecule has 5 nitrogen and oxygen atoms in total. The molecule has 106 valence electrons. The molecule has 0 aliphatic heterocycles. The molecule has 0 atom stereocenters. The molecule has 20 heavy (non-hydrogen) atoms. The van der Waals surface area contributed by atoms with Crippen LogP contribution in [0.1, 0.15) is 23.5 Å². The summed E-state index contributed by atoms with van der Waals surface area (Å²) in [5, 5.41) is 3.67. The van der Waals surface area contributed by atoms with Crippen LogP contribution in [-0.4, -0.2) is 18.4 Å². The van der Waals surface area contributed by atoms with E-state index in [1.54, 1.807) is 26.0 Å². The van der Waals surface area contributed by atoms with E-state index in [1.807, 2.05) is 12.1 Å². The van der Waals surface area contributed by atoms with Gasteiger partial charge in [0.25, 0.3) is 5.91 Å². The lowest BCUT2D eigenvalue weighted by Gasteiger charge is -2.20. The number of benzene rings is 1. The van der Waals surface area contributed by atoms with Gasteiger partial charge in [0, 0.05) is 16.9 Å². The second-order valence-electron chi connectivity index (χ2n) is 5.34. The van der Waals surface area contributed by atoms with Gasteiger partial charge in [-0.1, -0.05) is 0 Å². The number of nitrogens with two attached hydrogens (primary N) is 2. The van der Waals surface area contributed by atoms with Crippen molar-refractivity contribution in [1.82, 2.24) is 5.32 Å². The third-order valence-corrected chi connectivity index (χ3v) is 4.24. The molecular formula is C14H17N3O2S. The first-order valence-corrected chi connectivity index (χ1v) is 6.98. The molecule has 1 aromatic carbocycles. The summed E-state index contributed by atoms with van der Waals surface area (Å²) in [5.41, 5.74) is 10.9. The Balaban J connectivity index is 2.14. The van der Waals surface area contributed by atoms with Crippen molar-refractivity contribution in [2.24, 2.45) is 11.1 Å². The molecule has 1 aromatic heterocycles. The second kappa shape index (κ2) is 5.13. The van der Waals surface area contributed by atoms with Crippen molar-refractivity contribution in [3.05, 3.63) is 29.1 Å². The second-order valence-corrected chi connectivity index (χ2v) is 6.42. The number of primary amides is 1. The minimum Gasteiger partial charge on any atom is -0.399 e. The SMILES string of the molecule is CC(C)(CNC(=O)c1cc2cc(N)ccc2s1)C(N)=O. The lowest BCUT2D eigenvalue weighted by Crippen LogP contribution is -2.42. The van der Waals surface area contributed by atoms with E-state index < -0.39 is 11.3 Å².